The quantitative estimate of drug-likeness (QED) is 0.718. The lowest BCUT2D eigenvalue weighted by molar-refractivity contribution is -0.129. The van der Waals surface area contributed by atoms with Crippen LogP contribution in [-0.4, -0.2) is 58.2 Å². The van der Waals surface area contributed by atoms with Gasteiger partial charge in [0.25, 0.3) is 0 Å². The third kappa shape index (κ3) is 4.82. The first-order chi connectivity index (χ1) is 13.7. The Morgan fingerprint density at radius 3 is 2.38 bits per heavy atom. The molecular weight excluding hydrogens is 417 g/mol. The van der Waals surface area contributed by atoms with Crippen molar-refractivity contribution in [2.24, 2.45) is 0 Å². The van der Waals surface area contributed by atoms with Gasteiger partial charge in [0.15, 0.2) is 0 Å². The van der Waals surface area contributed by atoms with Crippen LogP contribution < -0.4 is 9.21 Å². The van der Waals surface area contributed by atoms with Crippen molar-refractivity contribution in [1.29, 1.82) is 0 Å². The number of piperazine rings is 1. The SMILES string of the molecule is Cc1c(Cl)cccc1N(CC(=O)N1CCN(c2ccccc2F)CC1)S(C)(=O)=O. The third-order valence-corrected chi connectivity index (χ3v) is 6.55. The molecule has 0 aromatic heterocycles. The first-order valence-electron chi connectivity index (χ1n) is 9.18. The van der Waals surface area contributed by atoms with Gasteiger partial charge in [0.1, 0.15) is 12.4 Å². The van der Waals surface area contributed by atoms with E-state index in [1.54, 1.807) is 48.2 Å². The van der Waals surface area contributed by atoms with Crippen LogP contribution in [0.1, 0.15) is 5.56 Å². The summed E-state index contributed by atoms with van der Waals surface area (Å²) in [6.45, 7) is 3.13. The Balaban J connectivity index is 1.72. The molecule has 1 aliphatic heterocycles. The number of carbonyl (C=O) groups excluding carboxylic acids is 1. The molecule has 0 spiro atoms. The van der Waals surface area contributed by atoms with Crippen molar-refractivity contribution in [3.8, 4) is 0 Å². The molecule has 156 valence electrons. The van der Waals surface area contributed by atoms with Crippen LogP contribution in [-0.2, 0) is 14.8 Å². The smallest absolute Gasteiger partial charge is 0.243 e. The van der Waals surface area contributed by atoms with Crippen LogP contribution in [0, 0.1) is 12.7 Å². The summed E-state index contributed by atoms with van der Waals surface area (Å²) in [7, 11) is -3.68. The van der Waals surface area contributed by atoms with E-state index in [2.05, 4.69) is 0 Å². The van der Waals surface area contributed by atoms with Crippen molar-refractivity contribution >= 4 is 38.9 Å². The summed E-state index contributed by atoms with van der Waals surface area (Å²) in [5, 5.41) is 0.433. The monoisotopic (exact) mass is 439 g/mol. The molecule has 6 nitrogen and oxygen atoms in total. The number of amides is 1. The van der Waals surface area contributed by atoms with Crippen molar-refractivity contribution in [1.82, 2.24) is 4.90 Å². The van der Waals surface area contributed by atoms with Crippen molar-refractivity contribution in [3.63, 3.8) is 0 Å². The van der Waals surface area contributed by atoms with Gasteiger partial charge in [0, 0.05) is 31.2 Å². The molecule has 29 heavy (non-hydrogen) atoms. The zero-order chi connectivity index (χ0) is 21.2. The second-order valence-corrected chi connectivity index (χ2v) is 9.29. The van der Waals surface area contributed by atoms with Crippen LogP contribution in [0.2, 0.25) is 5.02 Å². The first kappa shape index (κ1) is 21.4. The van der Waals surface area contributed by atoms with Crippen molar-refractivity contribution in [3.05, 3.63) is 58.9 Å². The average molecular weight is 440 g/mol. The molecule has 3 rings (SSSR count). The Kier molecular flexibility index (Phi) is 6.33. The molecule has 2 aromatic carbocycles. The third-order valence-electron chi connectivity index (χ3n) is 5.01. The number of rotatable bonds is 5. The number of benzene rings is 2. The maximum absolute atomic E-state index is 14.0. The summed E-state index contributed by atoms with van der Waals surface area (Å²) >= 11 is 6.13. The van der Waals surface area contributed by atoms with E-state index in [1.165, 1.54) is 6.07 Å². The predicted molar refractivity (Wildman–Crippen MR) is 114 cm³/mol. The number of halogens is 2. The lowest BCUT2D eigenvalue weighted by Crippen LogP contribution is -2.52. The molecule has 2 aromatic rings. The largest absolute Gasteiger partial charge is 0.366 e. The van der Waals surface area contributed by atoms with Gasteiger partial charge in [-0.3, -0.25) is 9.10 Å². The van der Waals surface area contributed by atoms with Crippen molar-refractivity contribution in [2.75, 3.05) is 48.2 Å². The summed E-state index contributed by atoms with van der Waals surface area (Å²) in [6.07, 6.45) is 1.07. The molecule has 1 amide bonds. The molecule has 0 aliphatic carbocycles. The minimum absolute atomic E-state index is 0.299. The van der Waals surface area contributed by atoms with E-state index in [4.69, 9.17) is 11.6 Å². The summed E-state index contributed by atoms with van der Waals surface area (Å²) in [5.41, 5.74) is 1.49. The maximum Gasteiger partial charge on any atom is 0.243 e. The van der Waals surface area contributed by atoms with Gasteiger partial charge >= 0.3 is 0 Å². The van der Waals surface area contributed by atoms with E-state index < -0.39 is 10.0 Å². The van der Waals surface area contributed by atoms with E-state index in [0.717, 1.165) is 10.6 Å². The Morgan fingerprint density at radius 2 is 1.76 bits per heavy atom. The second-order valence-electron chi connectivity index (χ2n) is 6.97. The lowest BCUT2D eigenvalue weighted by atomic mass is 10.2. The van der Waals surface area contributed by atoms with Gasteiger partial charge < -0.3 is 9.80 Å². The van der Waals surface area contributed by atoms with Gasteiger partial charge in [-0.25, -0.2) is 12.8 Å². The van der Waals surface area contributed by atoms with Gasteiger partial charge in [-0.1, -0.05) is 29.8 Å². The number of anilines is 2. The highest BCUT2D eigenvalue weighted by Crippen LogP contribution is 2.28. The van der Waals surface area contributed by atoms with Gasteiger partial charge in [-0.05, 0) is 36.8 Å². The molecule has 0 unspecified atom stereocenters. The highest BCUT2D eigenvalue weighted by Gasteiger charge is 2.28. The highest BCUT2D eigenvalue weighted by atomic mass is 35.5. The molecule has 0 atom stereocenters. The number of sulfonamides is 1. The van der Waals surface area contributed by atoms with E-state index >= 15 is 0 Å². The number of nitrogens with zero attached hydrogens (tertiary/aromatic N) is 3. The Hall–Kier alpha value is -2.32. The van der Waals surface area contributed by atoms with Crippen LogP contribution in [0.25, 0.3) is 0 Å². The van der Waals surface area contributed by atoms with E-state index in [-0.39, 0.29) is 18.3 Å². The molecule has 0 radical (unpaired) electrons. The number of carbonyl (C=O) groups is 1. The minimum atomic E-state index is -3.68. The molecule has 0 saturated carbocycles. The standard InChI is InChI=1S/C20H23ClFN3O3S/c1-15-16(21)6-5-9-18(15)25(29(2,27)28)14-20(26)24-12-10-23(11-13-24)19-8-4-3-7-17(19)22/h3-9H,10-14H2,1-2H3. The van der Waals surface area contributed by atoms with Crippen LogP contribution in [0.15, 0.2) is 42.5 Å². The van der Waals surface area contributed by atoms with Gasteiger partial charge in [-0.2, -0.15) is 0 Å². The number of hydrogen-bond acceptors (Lipinski definition) is 4. The Bertz CT molecular complexity index is 1010. The Morgan fingerprint density at radius 1 is 1.10 bits per heavy atom. The number of hydrogen-bond donors (Lipinski definition) is 0. The second kappa shape index (κ2) is 8.59. The summed E-state index contributed by atoms with van der Waals surface area (Å²) in [6, 6.07) is 11.5. The predicted octanol–water partition coefficient (Wildman–Crippen LogP) is 2.90. The van der Waals surface area contributed by atoms with E-state index in [0.29, 0.717) is 48.1 Å². The fourth-order valence-electron chi connectivity index (χ4n) is 3.38. The number of para-hydroxylation sites is 1. The summed E-state index contributed by atoms with van der Waals surface area (Å²) in [5.74, 6) is -0.602. The van der Waals surface area contributed by atoms with Crippen LogP contribution in [0.5, 0.6) is 0 Å². The molecular formula is C20H23ClFN3O3S. The lowest BCUT2D eigenvalue weighted by Gasteiger charge is -2.37. The molecule has 0 bridgehead atoms. The van der Waals surface area contributed by atoms with Crippen molar-refractivity contribution < 1.29 is 17.6 Å². The fraction of sp³-hybridized carbons (Fsp3) is 0.350. The first-order valence-corrected chi connectivity index (χ1v) is 11.4. The topological polar surface area (TPSA) is 60.9 Å². The van der Waals surface area contributed by atoms with Crippen LogP contribution >= 0.6 is 11.6 Å². The molecule has 0 N–H and O–H groups in total. The molecule has 1 heterocycles. The molecule has 1 fully saturated rings. The van der Waals surface area contributed by atoms with E-state index in [9.17, 15) is 17.6 Å². The average Bonchev–Trinajstić information content (AvgIpc) is 2.68. The fourth-order valence-corrected chi connectivity index (χ4v) is 4.44. The maximum atomic E-state index is 14.0. The van der Waals surface area contributed by atoms with E-state index in [1.807, 2.05) is 4.90 Å². The summed E-state index contributed by atoms with van der Waals surface area (Å²) < 4.78 is 39.8. The normalized spacial score (nSPS) is 14.8. The molecule has 9 heteroatoms. The summed E-state index contributed by atoms with van der Waals surface area (Å²) in [4.78, 5) is 16.3. The zero-order valence-corrected chi connectivity index (χ0v) is 17.9. The van der Waals surface area contributed by atoms with Gasteiger partial charge in [0.2, 0.25) is 15.9 Å². The van der Waals surface area contributed by atoms with Gasteiger partial charge in [-0.15, -0.1) is 0 Å². The van der Waals surface area contributed by atoms with Crippen LogP contribution in [0.4, 0.5) is 15.8 Å². The zero-order valence-electron chi connectivity index (χ0n) is 16.3. The highest BCUT2D eigenvalue weighted by molar-refractivity contribution is 7.92. The van der Waals surface area contributed by atoms with Crippen molar-refractivity contribution in [2.45, 2.75) is 6.92 Å². The van der Waals surface area contributed by atoms with Gasteiger partial charge in [0.05, 0.1) is 17.6 Å². The molecule has 1 aliphatic rings. The van der Waals surface area contributed by atoms with Crippen LogP contribution in [0.3, 0.4) is 0 Å². The minimum Gasteiger partial charge on any atom is -0.366 e. The molecule has 1 saturated heterocycles. The Labute approximate surface area is 175 Å².